The van der Waals surface area contributed by atoms with E-state index >= 15 is 0 Å². The Labute approximate surface area is 154 Å². The minimum atomic E-state index is 0.00690. The van der Waals surface area contributed by atoms with Crippen LogP contribution >= 0.6 is 0 Å². The number of anilines is 1. The minimum Gasteiger partial charge on any atom is -0.494 e. The third kappa shape index (κ3) is 4.83. The van der Waals surface area contributed by atoms with E-state index in [0.29, 0.717) is 13.2 Å². The van der Waals surface area contributed by atoms with Gasteiger partial charge >= 0.3 is 0 Å². The van der Waals surface area contributed by atoms with E-state index in [9.17, 15) is 4.79 Å². The van der Waals surface area contributed by atoms with Crippen molar-refractivity contribution >= 4 is 22.4 Å². The molecule has 1 atom stereocenters. The smallest absolute Gasteiger partial charge is 0.279 e. The molecule has 0 saturated carbocycles. The van der Waals surface area contributed by atoms with E-state index < -0.39 is 0 Å². The van der Waals surface area contributed by atoms with Gasteiger partial charge in [-0.25, -0.2) is 0 Å². The summed E-state index contributed by atoms with van der Waals surface area (Å²) in [6.45, 7) is 3.81. The Hall–Kier alpha value is -2.85. The first-order chi connectivity index (χ1) is 12.6. The van der Waals surface area contributed by atoms with Crippen LogP contribution in [0.25, 0.3) is 10.8 Å². The van der Waals surface area contributed by atoms with Crippen LogP contribution in [-0.4, -0.2) is 26.1 Å². The number of hydrogen-bond acceptors (Lipinski definition) is 2. The first kappa shape index (κ1) is 18.0. The molecular weight excluding hydrogens is 324 g/mol. The van der Waals surface area contributed by atoms with Crippen molar-refractivity contribution in [3.8, 4) is 5.75 Å². The van der Waals surface area contributed by atoms with Gasteiger partial charge in [0.15, 0.2) is 6.54 Å². The van der Waals surface area contributed by atoms with E-state index in [0.717, 1.165) is 22.9 Å². The van der Waals surface area contributed by atoms with Crippen molar-refractivity contribution in [2.24, 2.45) is 0 Å². The second-order valence-corrected chi connectivity index (χ2v) is 6.50. The zero-order valence-electron chi connectivity index (χ0n) is 15.3. The summed E-state index contributed by atoms with van der Waals surface area (Å²) in [4.78, 5) is 13.4. The van der Waals surface area contributed by atoms with E-state index in [1.165, 1.54) is 16.3 Å². The first-order valence-corrected chi connectivity index (χ1v) is 8.95. The highest BCUT2D eigenvalue weighted by Gasteiger charge is 2.11. The summed E-state index contributed by atoms with van der Waals surface area (Å²) in [6, 6.07) is 22.3. The van der Waals surface area contributed by atoms with Crippen LogP contribution in [-0.2, 0) is 11.3 Å². The number of amides is 1. The van der Waals surface area contributed by atoms with Crippen molar-refractivity contribution in [3.63, 3.8) is 0 Å². The summed E-state index contributed by atoms with van der Waals surface area (Å²) in [5.41, 5.74) is 2.02. The SMILES string of the molecule is CCOc1ccc(NC(=O)C[NH+](C)Cc2ccc3ccccc3c2)cc1. The van der Waals surface area contributed by atoms with Gasteiger partial charge in [0.2, 0.25) is 0 Å². The molecule has 0 saturated heterocycles. The second kappa shape index (κ2) is 8.50. The quantitative estimate of drug-likeness (QED) is 0.689. The molecule has 4 heteroatoms. The fourth-order valence-electron chi connectivity index (χ4n) is 3.04. The molecule has 3 rings (SSSR count). The molecule has 26 heavy (non-hydrogen) atoms. The topological polar surface area (TPSA) is 42.8 Å². The van der Waals surface area contributed by atoms with Crippen molar-refractivity contribution in [3.05, 3.63) is 72.3 Å². The monoisotopic (exact) mass is 349 g/mol. The largest absolute Gasteiger partial charge is 0.494 e. The van der Waals surface area contributed by atoms with E-state index in [-0.39, 0.29) is 5.91 Å². The first-order valence-electron chi connectivity index (χ1n) is 8.95. The molecule has 1 unspecified atom stereocenters. The van der Waals surface area contributed by atoms with Gasteiger partial charge in [-0.2, -0.15) is 0 Å². The average Bonchev–Trinajstić information content (AvgIpc) is 2.63. The molecule has 2 N–H and O–H groups in total. The summed E-state index contributed by atoms with van der Waals surface area (Å²) < 4.78 is 5.41. The van der Waals surface area contributed by atoms with Crippen LogP contribution in [0.1, 0.15) is 12.5 Å². The summed E-state index contributed by atoms with van der Waals surface area (Å²) in [6.07, 6.45) is 0. The lowest BCUT2D eigenvalue weighted by Gasteiger charge is -2.14. The predicted molar refractivity (Wildman–Crippen MR) is 106 cm³/mol. The Morgan fingerprint density at radius 3 is 2.46 bits per heavy atom. The summed E-state index contributed by atoms with van der Waals surface area (Å²) >= 11 is 0. The number of fused-ring (bicyclic) bond motifs is 1. The Morgan fingerprint density at radius 2 is 1.73 bits per heavy atom. The van der Waals surface area contributed by atoms with Gasteiger partial charge in [0, 0.05) is 11.3 Å². The summed E-state index contributed by atoms with van der Waals surface area (Å²) in [7, 11) is 2.03. The lowest BCUT2D eigenvalue weighted by Crippen LogP contribution is -3.08. The zero-order valence-corrected chi connectivity index (χ0v) is 15.3. The standard InChI is InChI=1S/C22H24N2O2/c1-3-26-21-12-10-20(11-13-21)23-22(25)16-24(2)15-17-8-9-18-6-4-5-7-19(18)14-17/h4-14H,3,15-16H2,1-2H3,(H,23,25)/p+1. The fraction of sp³-hybridized carbons (Fsp3) is 0.227. The molecule has 4 nitrogen and oxygen atoms in total. The molecule has 0 bridgehead atoms. The minimum absolute atomic E-state index is 0.00690. The summed E-state index contributed by atoms with van der Waals surface area (Å²) in [5.74, 6) is 0.817. The second-order valence-electron chi connectivity index (χ2n) is 6.50. The van der Waals surface area contributed by atoms with Crippen LogP contribution in [0.5, 0.6) is 5.75 Å². The lowest BCUT2D eigenvalue weighted by molar-refractivity contribution is -0.885. The Kier molecular flexibility index (Phi) is 5.87. The van der Waals surface area contributed by atoms with Crippen LogP contribution in [0, 0.1) is 0 Å². The van der Waals surface area contributed by atoms with Gasteiger partial charge in [0.1, 0.15) is 12.3 Å². The summed E-state index contributed by atoms with van der Waals surface area (Å²) in [5, 5.41) is 5.41. The molecular formula is C22H25N2O2+. The maximum Gasteiger partial charge on any atom is 0.279 e. The molecule has 0 spiro atoms. The van der Waals surface area contributed by atoms with Crippen LogP contribution < -0.4 is 15.0 Å². The average molecular weight is 349 g/mol. The van der Waals surface area contributed by atoms with Gasteiger partial charge < -0.3 is 15.0 Å². The number of carbonyl (C=O) groups is 1. The van der Waals surface area contributed by atoms with Gasteiger partial charge in [-0.15, -0.1) is 0 Å². The molecule has 0 aliphatic heterocycles. The molecule has 0 aliphatic rings. The number of quaternary nitrogens is 1. The van der Waals surface area contributed by atoms with Crippen molar-refractivity contribution < 1.29 is 14.4 Å². The number of rotatable bonds is 7. The number of nitrogens with one attached hydrogen (secondary N) is 2. The van der Waals surface area contributed by atoms with Crippen molar-refractivity contribution in [1.82, 2.24) is 0 Å². The zero-order chi connectivity index (χ0) is 18.4. The number of ether oxygens (including phenoxy) is 1. The van der Waals surface area contributed by atoms with E-state index in [4.69, 9.17) is 4.74 Å². The highest BCUT2D eigenvalue weighted by atomic mass is 16.5. The maximum absolute atomic E-state index is 12.3. The Balaban J connectivity index is 1.54. The van der Waals surface area contributed by atoms with Crippen LogP contribution in [0.4, 0.5) is 5.69 Å². The molecule has 3 aromatic rings. The Bertz CT molecular complexity index is 875. The maximum atomic E-state index is 12.3. The number of carbonyl (C=O) groups excluding carboxylic acids is 1. The van der Waals surface area contributed by atoms with E-state index in [2.05, 4.69) is 35.6 Å². The fourth-order valence-corrected chi connectivity index (χ4v) is 3.04. The molecule has 3 aromatic carbocycles. The highest BCUT2D eigenvalue weighted by molar-refractivity contribution is 5.91. The molecule has 0 aliphatic carbocycles. The number of benzene rings is 3. The molecule has 1 amide bonds. The van der Waals surface area contributed by atoms with Crippen LogP contribution in [0.3, 0.4) is 0 Å². The van der Waals surface area contributed by atoms with Gasteiger partial charge in [-0.3, -0.25) is 4.79 Å². The third-order valence-corrected chi connectivity index (χ3v) is 4.23. The molecule has 134 valence electrons. The van der Waals surface area contributed by atoms with Gasteiger partial charge in [0.25, 0.3) is 5.91 Å². The predicted octanol–water partition coefficient (Wildman–Crippen LogP) is 2.89. The van der Waals surface area contributed by atoms with Crippen LogP contribution in [0.2, 0.25) is 0 Å². The molecule has 0 radical (unpaired) electrons. The van der Waals surface area contributed by atoms with Gasteiger partial charge in [0.05, 0.1) is 13.7 Å². The lowest BCUT2D eigenvalue weighted by atomic mass is 10.1. The van der Waals surface area contributed by atoms with Gasteiger partial charge in [-0.1, -0.05) is 36.4 Å². The highest BCUT2D eigenvalue weighted by Crippen LogP contribution is 2.16. The van der Waals surface area contributed by atoms with Crippen molar-refractivity contribution in [2.75, 3.05) is 25.5 Å². The van der Waals surface area contributed by atoms with Crippen molar-refractivity contribution in [1.29, 1.82) is 0 Å². The van der Waals surface area contributed by atoms with E-state index in [1.54, 1.807) is 0 Å². The normalized spacial score (nSPS) is 11.9. The van der Waals surface area contributed by atoms with Crippen molar-refractivity contribution in [2.45, 2.75) is 13.5 Å². The number of hydrogen-bond donors (Lipinski definition) is 2. The Morgan fingerprint density at radius 1 is 1.00 bits per heavy atom. The molecule has 0 heterocycles. The van der Waals surface area contributed by atoms with Crippen LogP contribution in [0.15, 0.2) is 66.7 Å². The molecule has 0 fully saturated rings. The molecule has 0 aromatic heterocycles. The van der Waals surface area contributed by atoms with Gasteiger partial charge in [-0.05, 0) is 48.0 Å². The van der Waals surface area contributed by atoms with E-state index in [1.807, 2.05) is 50.4 Å². The third-order valence-electron chi connectivity index (χ3n) is 4.23. The number of likely N-dealkylation sites (N-methyl/N-ethyl adjacent to an activating group) is 1.